The molecule has 3 amide bonds. The first-order chi connectivity index (χ1) is 18.3. The maximum absolute atomic E-state index is 14.0. The first-order valence-electron chi connectivity index (χ1n) is 13.2. The summed E-state index contributed by atoms with van der Waals surface area (Å²) >= 11 is 0. The van der Waals surface area contributed by atoms with Crippen LogP contribution in [-0.2, 0) is 29.0 Å². The van der Waals surface area contributed by atoms with E-state index in [2.05, 4.69) is 20.9 Å². The van der Waals surface area contributed by atoms with Crippen molar-refractivity contribution in [1.29, 1.82) is 0 Å². The molecule has 10 heteroatoms. The highest BCUT2D eigenvalue weighted by atomic mass is 16.3. The van der Waals surface area contributed by atoms with Crippen LogP contribution in [0.1, 0.15) is 52.4 Å². The van der Waals surface area contributed by atoms with Crippen LogP contribution in [0.4, 0.5) is 0 Å². The van der Waals surface area contributed by atoms with Gasteiger partial charge in [-0.3, -0.25) is 19.1 Å². The van der Waals surface area contributed by atoms with Gasteiger partial charge in [0, 0.05) is 45.2 Å². The molecule has 2 bridgehead atoms. The SMILES string of the molecule is Cc1cc(C(=O)N2CCC3(CC2)Cc2cn(nn2)CCCNC(=O)[C@H](Cc2ccccc2)NC3=O)c(C)o1. The summed E-state index contributed by atoms with van der Waals surface area (Å²) in [4.78, 5) is 42.2. The van der Waals surface area contributed by atoms with Crippen molar-refractivity contribution < 1.29 is 18.8 Å². The number of amides is 3. The zero-order chi connectivity index (χ0) is 26.7. The fourth-order valence-corrected chi connectivity index (χ4v) is 5.46. The summed E-state index contributed by atoms with van der Waals surface area (Å²) in [6.07, 6.45) is 4.28. The Kier molecular flexibility index (Phi) is 7.31. The molecule has 200 valence electrons. The summed E-state index contributed by atoms with van der Waals surface area (Å²) in [5.74, 6) is 0.809. The second kappa shape index (κ2) is 10.8. The second-order valence-corrected chi connectivity index (χ2v) is 10.4. The van der Waals surface area contributed by atoms with Crippen molar-refractivity contribution in [3.63, 3.8) is 0 Å². The molecular weight excluding hydrogens is 484 g/mol. The van der Waals surface area contributed by atoms with Gasteiger partial charge in [-0.1, -0.05) is 35.5 Å². The predicted octanol–water partition coefficient (Wildman–Crippen LogP) is 2.20. The molecule has 10 nitrogen and oxygen atoms in total. The molecule has 2 N–H and O–H groups in total. The van der Waals surface area contributed by atoms with Crippen molar-refractivity contribution in [2.24, 2.45) is 5.41 Å². The van der Waals surface area contributed by atoms with Crippen molar-refractivity contribution in [1.82, 2.24) is 30.5 Å². The molecule has 3 aromatic rings. The highest BCUT2D eigenvalue weighted by molar-refractivity contribution is 5.96. The standard InChI is InChI=1S/C28H34N6O4/c1-19-15-23(20(2)38-19)26(36)33-13-9-28(10-14-33)17-22-18-34(32-31-22)12-6-11-29-25(35)24(30-27(28)37)16-21-7-4-3-5-8-21/h3-5,7-8,15,18,24H,6,9-14,16-17H2,1-2H3,(H,29,35)(H,30,37)/t24-/m0/s1. The highest BCUT2D eigenvalue weighted by Crippen LogP contribution is 2.36. The van der Waals surface area contributed by atoms with Crippen molar-refractivity contribution in [2.45, 2.75) is 58.5 Å². The van der Waals surface area contributed by atoms with Gasteiger partial charge in [0.25, 0.3) is 5.91 Å². The third-order valence-electron chi connectivity index (χ3n) is 7.63. The van der Waals surface area contributed by atoms with Crippen LogP contribution in [0.2, 0.25) is 0 Å². The Morgan fingerprint density at radius 3 is 2.61 bits per heavy atom. The van der Waals surface area contributed by atoms with E-state index in [4.69, 9.17) is 4.42 Å². The number of carbonyl (C=O) groups excluding carboxylic acids is 3. The fourth-order valence-electron chi connectivity index (χ4n) is 5.46. The molecule has 1 fully saturated rings. The maximum Gasteiger partial charge on any atom is 0.257 e. The van der Waals surface area contributed by atoms with E-state index in [0.717, 1.165) is 11.3 Å². The summed E-state index contributed by atoms with van der Waals surface area (Å²) in [6.45, 7) is 5.54. The minimum absolute atomic E-state index is 0.0912. The second-order valence-electron chi connectivity index (χ2n) is 10.4. The van der Waals surface area contributed by atoms with Gasteiger partial charge in [-0.2, -0.15) is 0 Å². The number of rotatable bonds is 3. The number of nitrogens with zero attached hydrogens (tertiary/aromatic N) is 4. The van der Waals surface area contributed by atoms with Gasteiger partial charge >= 0.3 is 0 Å². The van der Waals surface area contributed by atoms with E-state index in [1.807, 2.05) is 43.5 Å². The van der Waals surface area contributed by atoms with E-state index >= 15 is 0 Å². The van der Waals surface area contributed by atoms with Gasteiger partial charge in [-0.25, -0.2) is 0 Å². The smallest absolute Gasteiger partial charge is 0.257 e. The largest absolute Gasteiger partial charge is 0.466 e. The van der Waals surface area contributed by atoms with Gasteiger partial charge in [0.15, 0.2) is 0 Å². The van der Waals surface area contributed by atoms with Crippen LogP contribution in [0.15, 0.2) is 47.0 Å². The van der Waals surface area contributed by atoms with E-state index in [0.29, 0.717) is 75.4 Å². The Morgan fingerprint density at radius 2 is 1.89 bits per heavy atom. The van der Waals surface area contributed by atoms with Gasteiger partial charge in [-0.05, 0) is 44.7 Å². The van der Waals surface area contributed by atoms with Crippen LogP contribution < -0.4 is 10.6 Å². The number of likely N-dealkylation sites (tertiary alicyclic amines) is 1. The van der Waals surface area contributed by atoms with Crippen molar-refractivity contribution >= 4 is 17.7 Å². The number of fused-ring (bicyclic) bond motifs is 2. The molecule has 1 atom stereocenters. The van der Waals surface area contributed by atoms with E-state index < -0.39 is 11.5 Å². The van der Waals surface area contributed by atoms with Gasteiger partial charge < -0.3 is 20.0 Å². The molecule has 0 aliphatic carbocycles. The first-order valence-corrected chi connectivity index (χ1v) is 13.2. The summed E-state index contributed by atoms with van der Waals surface area (Å²) < 4.78 is 7.32. The van der Waals surface area contributed by atoms with Crippen LogP contribution >= 0.6 is 0 Å². The van der Waals surface area contributed by atoms with Gasteiger partial charge in [0.2, 0.25) is 11.8 Å². The maximum atomic E-state index is 14.0. The summed E-state index contributed by atoms with van der Waals surface area (Å²) in [6, 6.07) is 10.7. The van der Waals surface area contributed by atoms with Gasteiger partial charge in [0.1, 0.15) is 17.6 Å². The summed E-state index contributed by atoms with van der Waals surface area (Å²) in [7, 11) is 0. The van der Waals surface area contributed by atoms with E-state index in [-0.39, 0.29) is 17.7 Å². The van der Waals surface area contributed by atoms with Crippen LogP contribution in [0.3, 0.4) is 0 Å². The lowest BCUT2D eigenvalue weighted by Crippen LogP contribution is -2.56. The third kappa shape index (κ3) is 5.49. The first kappa shape index (κ1) is 25.7. The zero-order valence-corrected chi connectivity index (χ0v) is 21.9. The Balaban J connectivity index is 1.40. The van der Waals surface area contributed by atoms with Crippen LogP contribution in [0.25, 0.3) is 0 Å². The molecule has 5 rings (SSSR count). The molecule has 0 unspecified atom stereocenters. The van der Waals surface area contributed by atoms with Crippen LogP contribution in [0, 0.1) is 19.3 Å². The Labute approximate surface area is 221 Å². The van der Waals surface area contributed by atoms with E-state index in [1.165, 1.54) is 0 Å². The van der Waals surface area contributed by atoms with E-state index in [9.17, 15) is 14.4 Å². The lowest BCUT2D eigenvalue weighted by atomic mass is 9.73. The minimum atomic E-state index is -0.817. The number of benzene rings is 1. The summed E-state index contributed by atoms with van der Waals surface area (Å²) in [5, 5.41) is 14.6. The molecule has 2 aliphatic heterocycles. The molecule has 0 saturated carbocycles. The average molecular weight is 519 g/mol. The monoisotopic (exact) mass is 518 g/mol. The predicted molar refractivity (Wildman–Crippen MR) is 139 cm³/mol. The molecule has 38 heavy (non-hydrogen) atoms. The molecule has 1 spiro atoms. The fraction of sp³-hybridized carbons (Fsp3) is 0.464. The normalized spacial score (nSPS) is 20.2. The Hall–Kier alpha value is -3.95. The molecule has 0 radical (unpaired) electrons. The average Bonchev–Trinajstić information content (AvgIpc) is 3.50. The zero-order valence-electron chi connectivity index (χ0n) is 21.9. The number of carbonyl (C=O) groups is 3. The molecule has 1 aromatic carbocycles. The summed E-state index contributed by atoms with van der Waals surface area (Å²) in [5.41, 5.74) is 1.45. The van der Waals surface area contributed by atoms with Gasteiger partial charge in [-0.15, -0.1) is 5.10 Å². The highest BCUT2D eigenvalue weighted by Gasteiger charge is 2.44. The van der Waals surface area contributed by atoms with Crippen LogP contribution in [-0.4, -0.2) is 63.3 Å². The van der Waals surface area contributed by atoms with Crippen LogP contribution in [0.5, 0.6) is 0 Å². The quantitative estimate of drug-likeness (QED) is 0.548. The topological polar surface area (TPSA) is 122 Å². The number of furan rings is 1. The van der Waals surface area contributed by atoms with Crippen molar-refractivity contribution in [2.75, 3.05) is 19.6 Å². The number of piperidine rings is 1. The lowest BCUT2D eigenvalue weighted by Gasteiger charge is -2.41. The number of aryl methyl sites for hydroxylation is 3. The van der Waals surface area contributed by atoms with Crippen molar-refractivity contribution in [3.8, 4) is 0 Å². The lowest BCUT2D eigenvalue weighted by molar-refractivity contribution is -0.137. The number of aromatic nitrogens is 3. The molecule has 2 aliphatic rings. The molecule has 1 saturated heterocycles. The van der Waals surface area contributed by atoms with Gasteiger partial charge in [0.05, 0.1) is 16.7 Å². The molecular formula is C28H34N6O4. The number of hydrogen-bond acceptors (Lipinski definition) is 6. The third-order valence-corrected chi connectivity index (χ3v) is 7.63. The molecule has 4 heterocycles. The van der Waals surface area contributed by atoms with Crippen molar-refractivity contribution in [3.05, 3.63) is 70.9 Å². The number of hydrogen-bond donors (Lipinski definition) is 2. The van der Waals surface area contributed by atoms with E-state index in [1.54, 1.807) is 22.6 Å². The molecule has 2 aromatic heterocycles. The minimum Gasteiger partial charge on any atom is -0.466 e. The number of nitrogens with one attached hydrogen (secondary N) is 2. The Morgan fingerprint density at radius 1 is 1.13 bits per heavy atom. The Bertz CT molecular complexity index is 1310.